The molecule has 3 heteroatoms. The molecule has 0 aromatic carbocycles. The highest BCUT2D eigenvalue weighted by atomic mass is 19.3. The zero-order valence-electron chi connectivity index (χ0n) is 7.07. The van der Waals surface area contributed by atoms with Crippen LogP contribution in [0.3, 0.4) is 0 Å². The Bertz CT molecular complexity index is 225. The Morgan fingerprint density at radius 2 is 1.75 bits per heavy atom. The fourth-order valence-electron chi connectivity index (χ4n) is 2.45. The van der Waals surface area contributed by atoms with Gasteiger partial charge in [-0.2, -0.15) is 0 Å². The summed E-state index contributed by atoms with van der Waals surface area (Å²) < 4.78 is 26.2. The van der Waals surface area contributed by atoms with E-state index in [1.54, 1.807) is 6.92 Å². The molecule has 0 aliphatic heterocycles. The van der Waals surface area contributed by atoms with Crippen molar-refractivity contribution < 1.29 is 13.6 Å². The van der Waals surface area contributed by atoms with E-state index in [2.05, 4.69) is 0 Å². The van der Waals surface area contributed by atoms with E-state index in [0.717, 1.165) is 0 Å². The molecule has 0 amide bonds. The molecule has 1 spiro atoms. The summed E-state index contributed by atoms with van der Waals surface area (Å²) in [6.45, 7) is 1.59. The van der Waals surface area contributed by atoms with Crippen LogP contribution >= 0.6 is 0 Å². The molecule has 1 unspecified atom stereocenters. The average Bonchev–Trinajstić information content (AvgIpc) is 2.42. The summed E-state index contributed by atoms with van der Waals surface area (Å²) >= 11 is 0. The lowest BCUT2D eigenvalue weighted by Gasteiger charge is -2.20. The minimum Gasteiger partial charge on any atom is -0.300 e. The third-order valence-electron chi connectivity index (χ3n) is 3.65. The van der Waals surface area contributed by atoms with Crippen LogP contribution in [0.4, 0.5) is 8.78 Å². The van der Waals surface area contributed by atoms with E-state index in [4.69, 9.17) is 0 Å². The molecule has 0 bridgehead atoms. The fraction of sp³-hybridized carbons (Fsp3) is 0.889. The summed E-state index contributed by atoms with van der Waals surface area (Å²) in [6, 6.07) is 0. The lowest BCUT2D eigenvalue weighted by molar-refractivity contribution is -0.122. The molecule has 1 atom stereocenters. The van der Waals surface area contributed by atoms with Gasteiger partial charge in [0.1, 0.15) is 5.78 Å². The first-order chi connectivity index (χ1) is 5.51. The Hall–Kier alpha value is -0.470. The van der Waals surface area contributed by atoms with Crippen LogP contribution in [0.25, 0.3) is 0 Å². The number of ketones is 1. The number of alkyl halides is 2. The highest BCUT2D eigenvalue weighted by molar-refractivity contribution is 5.79. The van der Waals surface area contributed by atoms with E-state index < -0.39 is 17.3 Å². The molecule has 0 N–H and O–H groups in total. The van der Waals surface area contributed by atoms with Crippen LogP contribution in [0.5, 0.6) is 0 Å². The SMILES string of the molecule is CC1C(F)(F)C12CCC(=O)CC2. The average molecular weight is 174 g/mol. The number of carbonyl (C=O) groups excluding carboxylic acids is 1. The summed E-state index contributed by atoms with van der Waals surface area (Å²) in [5, 5.41) is 0. The Morgan fingerprint density at radius 3 is 2.08 bits per heavy atom. The Balaban J connectivity index is 2.12. The van der Waals surface area contributed by atoms with E-state index in [-0.39, 0.29) is 5.78 Å². The first kappa shape index (κ1) is 8.14. The van der Waals surface area contributed by atoms with Crippen molar-refractivity contribution in [2.75, 3.05) is 0 Å². The number of hydrogen-bond acceptors (Lipinski definition) is 1. The van der Waals surface area contributed by atoms with Gasteiger partial charge in [-0.25, -0.2) is 8.78 Å². The van der Waals surface area contributed by atoms with Crippen LogP contribution in [0.1, 0.15) is 32.6 Å². The van der Waals surface area contributed by atoms with E-state index in [1.807, 2.05) is 0 Å². The van der Waals surface area contributed by atoms with E-state index in [0.29, 0.717) is 25.7 Å². The zero-order chi connectivity index (χ0) is 8.98. The molecule has 2 saturated carbocycles. The standard InChI is InChI=1S/C9H12F2O/c1-6-8(9(6,10)11)4-2-7(12)3-5-8/h6H,2-5H2,1H3. The van der Waals surface area contributed by atoms with Gasteiger partial charge in [0, 0.05) is 24.2 Å². The summed E-state index contributed by atoms with van der Waals surface area (Å²) in [4.78, 5) is 10.9. The molecule has 12 heavy (non-hydrogen) atoms. The quantitative estimate of drug-likeness (QED) is 0.551. The van der Waals surface area contributed by atoms with Crippen molar-refractivity contribution in [1.82, 2.24) is 0 Å². The van der Waals surface area contributed by atoms with Crippen molar-refractivity contribution in [2.45, 2.75) is 38.5 Å². The Labute approximate surface area is 70.1 Å². The van der Waals surface area contributed by atoms with Crippen LogP contribution in [-0.4, -0.2) is 11.7 Å². The van der Waals surface area contributed by atoms with Crippen LogP contribution in [0.15, 0.2) is 0 Å². The summed E-state index contributed by atoms with van der Waals surface area (Å²) in [5.41, 5.74) is -0.791. The molecule has 0 heterocycles. The maximum absolute atomic E-state index is 13.1. The number of halogens is 2. The maximum atomic E-state index is 13.1. The second-order valence-electron chi connectivity index (χ2n) is 4.04. The van der Waals surface area contributed by atoms with Crippen LogP contribution in [0.2, 0.25) is 0 Å². The van der Waals surface area contributed by atoms with Gasteiger partial charge < -0.3 is 0 Å². The van der Waals surface area contributed by atoms with Gasteiger partial charge in [-0.1, -0.05) is 6.92 Å². The number of Topliss-reactive ketones (excluding diaryl/α,β-unsaturated/α-hetero) is 1. The van der Waals surface area contributed by atoms with Gasteiger partial charge in [0.2, 0.25) is 0 Å². The Morgan fingerprint density at radius 1 is 1.33 bits per heavy atom. The largest absolute Gasteiger partial charge is 0.300 e. The van der Waals surface area contributed by atoms with Crippen molar-refractivity contribution in [2.24, 2.45) is 11.3 Å². The normalized spacial score (nSPS) is 36.9. The van der Waals surface area contributed by atoms with Gasteiger partial charge in [-0.3, -0.25) is 4.79 Å². The van der Waals surface area contributed by atoms with E-state index in [9.17, 15) is 13.6 Å². The van der Waals surface area contributed by atoms with Gasteiger partial charge in [0.05, 0.1) is 0 Å². The third kappa shape index (κ3) is 0.744. The molecular weight excluding hydrogens is 162 g/mol. The molecule has 1 nitrogen and oxygen atoms in total. The molecule has 2 fully saturated rings. The van der Waals surface area contributed by atoms with E-state index in [1.165, 1.54) is 0 Å². The fourth-order valence-corrected chi connectivity index (χ4v) is 2.45. The molecule has 2 rings (SSSR count). The first-order valence-electron chi connectivity index (χ1n) is 4.40. The zero-order valence-corrected chi connectivity index (χ0v) is 7.07. The first-order valence-corrected chi connectivity index (χ1v) is 4.40. The number of carbonyl (C=O) groups is 1. The second-order valence-corrected chi connectivity index (χ2v) is 4.04. The molecular formula is C9H12F2O. The van der Waals surface area contributed by atoms with Crippen molar-refractivity contribution in [3.8, 4) is 0 Å². The third-order valence-corrected chi connectivity index (χ3v) is 3.65. The van der Waals surface area contributed by atoms with Crippen molar-refractivity contribution in [3.05, 3.63) is 0 Å². The van der Waals surface area contributed by atoms with Gasteiger partial charge >= 0.3 is 0 Å². The lowest BCUT2D eigenvalue weighted by atomic mass is 9.83. The Kier molecular flexibility index (Phi) is 1.40. The smallest absolute Gasteiger partial charge is 0.257 e. The molecule has 0 aromatic rings. The minimum absolute atomic E-state index is 0.149. The minimum atomic E-state index is -2.49. The molecule has 2 aliphatic carbocycles. The predicted octanol–water partition coefficient (Wildman–Crippen LogP) is 2.40. The van der Waals surface area contributed by atoms with Crippen LogP contribution in [0, 0.1) is 11.3 Å². The molecule has 0 aromatic heterocycles. The van der Waals surface area contributed by atoms with Crippen molar-refractivity contribution in [1.29, 1.82) is 0 Å². The van der Waals surface area contributed by atoms with Crippen LogP contribution < -0.4 is 0 Å². The molecule has 68 valence electrons. The molecule has 0 saturated heterocycles. The highest BCUT2D eigenvalue weighted by Gasteiger charge is 2.77. The molecule has 0 radical (unpaired) electrons. The number of rotatable bonds is 0. The topological polar surface area (TPSA) is 17.1 Å². The van der Waals surface area contributed by atoms with Gasteiger partial charge in [-0.15, -0.1) is 0 Å². The lowest BCUT2D eigenvalue weighted by Crippen LogP contribution is -2.20. The summed E-state index contributed by atoms with van der Waals surface area (Å²) in [7, 11) is 0. The number of hydrogen-bond donors (Lipinski definition) is 0. The highest BCUT2D eigenvalue weighted by Crippen LogP contribution is 2.71. The van der Waals surface area contributed by atoms with Crippen molar-refractivity contribution in [3.63, 3.8) is 0 Å². The second kappa shape index (κ2) is 2.06. The summed E-state index contributed by atoms with van der Waals surface area (Å²) in [6.07, 6.45) is 1.53. The van der Waals surface area contributed by atoms with Gasteiger partial charge in [0.15, 0.2) is 0 Å². The monoisotopic (exact) mass is 174 g/mol. The van der Waals surface area contributed by atoms with Gasteiger partial charge in [0.25, 0.3) is 5.92 Å². The van der Waals surface area contributed by atoms with Crippen molar-refractivity contribution >= 4 is 5.78 Å². The molecule has 2 aliphatic rings. The maximum Gasteiger partial charge on any atom is 0.257 e. The summed E-state index contributed by atoms with van der Waals surface area (Å²) in [5.74, 6) is -2.85. The van der Waals surface area contributed by atoms with Gasteiger partial charge in [-0.05, 0) is 12.8 Å². The van der Waals surface area contributed by atoms with E-state index >= 15 is 0 Å². The predicted molar refractivity (Wildman–Crippen MR) is 40.0 cm³/mol. The van der Waals surface area contributed by atoms with Crippen LogP contribution in [-0.2, 0) is 4.79 Å².